The Morgan fingerprint density at radius 3 is 2.19 bits per heavy atom. The van der Waals surface area contributed by atoms with E-state index in [1.165, 1.54) is 11.1 Å². The fourth-order valence-electron chi connectivity index (χ4n) is 4.96. The van der Waals surface area contributed by atoms with Gasteiger partial charge in [0.25, 0.3) is 0 Å². The van der Waals surface area contributed by atoms with Crippen molar-refractivity contribution in [2.75, 3.05) is 35.5 Å². The number of anilines is 2. The molecule has 2 amide bonds. The van der Waals surface area contributed by atoms with E-state index in [2.05, 4.69) is 53.1 Å². The molecule has 1 fully saturated rings. The highest BCUT2D eigenvalue weighted by Gasteiger charge is 2.24. The van der Waals surface area contributed by atoms with Crippen LogP contribution in [0.2, 0.25) is 0 Å². The zero-order valence-corrected chi connectivity index (χ0v) is 26.3. The quantitative estimate of drug-likeness (QED) is 0.234. The molecule has 2 N–H and O–H groups in total. The first kappa shape index (κ1) is 33.2. The molecule has 4 rings (SSSR count). The van der Waals surface area contributed by atoms with Crippen LogP contribution in [0.25, 0.3) is 0 Å². The van der Waals surface area contributed by atoms with E-state index in [4.69, 9.17) is 4.74 Å². The molecular weight excluding hydrogens is 572 g/mol. The zero-order valence-electron chi connectivity index (χ0n) is 24.7. The van der Waals surface area contributed by atoms with Crippen LogP contribution in [0.4, 0.5) is 16.2 Å². The largest absolute Gasteiger partial charge is 0.457 e. The molecule has 0 atom stereocenters. The number of carbonyl (C=O) groups excluding carboxylic acids is 1. The van der Waals surface area contributed by atoms with Crippen LogP contribution in [0.3, 0.4) is 0 Å². The predicted molar refractivity (Wildman–Crippen MR) is 174 cm³/mol. The van der Waals surface area contributed by atoms with Gasteiger partial charge in [0.2, 0.25) is 10.0 Å². The van der Waals surface area contributed by atoms with Crippen LogP contribution in [0.5, 0.6) is 11.5 Å². The highest BCUT2D eigenvalue weighted by molar-refractivity contribution is 7.92. The molecule has 1 heterocycles. The normalized spacial score (nSPS) is 14.1. The van der Waals surface area contributed by atoms with Gasteiger partial charge in [-0.3, -0.25) is 14.5 Å². The lowest BCUT2D eigenvalue weighted by Gasteiger charge is -2.34. The van der Waals surface area contributed by atoms with Crippen molar-refractivity contribution in [1.82, 2.24) is 10.2 Å². The SMILES string of the molecule is CCCCN(C(=O)NC1CCN(Cc2ccc(Oc3ccc(NS(C)(=O)=O)cc3)cc2)CC1)c1cccc(CC)c1.Cl. The second-order valence-corrected chi connectivity index (χ2v) is 12.4. The number of likely N-dealkylation sites (tertiary alicyclic amines) is 1. The maximum atomic E-state index is 13.3. The molecule has 3 aromatic carbocycles. The van der Waals surface area contributed by atoms with Gasteiger partial charge in [-0.1, -0.05) is 44.5 Å². The summed E-state index contributed by atoms with van der Waals surface area (Å²) in [6.45, 7) is 7.71. The van der Waals surface area contributed by atoms with Crippen LogP contribution < -0.4 is 19.7 Å². The summed E-state index contributed by atoms with van der Waals surface area (Å²) in [6.07, 6.45) is 5.94. The van der Waals surface area contributed by atoms with E-state index in [0.717, 1.165) is 76.0 Å². The van der Waals surface area contributed by atoms with Crippen LogP contribution in [0.1, 0.15) is 50.7 Å². The Morgan fingerprint density at radius 2 is 1.60 bits per heavy atom. The maximum absolute atomic E-state index is 13.3. The molecule has 0 aromatic heterocycles. The number of aryl methyl sites for hydroxylation is 1. The number of hydrogen-bond acceptors (Lipinski definition) is 5. The van der Waals surface area contributed by atoms with E-state index in [1.54, 1.807) is 24.3 Å². The van der Waals surface area contributed by atoms with Crippen molar-refractivity contribution in [2.24, 2.45) is 0 Å². The van der Waals surface area contributed by atoms with Crippen LogP contribution in [0.15, 0.2) is 72.8 Å². The summed E-state index contributed by atoms with van der Waals surface area (Å²) in [6, 6.07) is 23.3. The third-order valence-corrected chi connectivity index (χ3v) is 7.86. The fraction of sp³-hybridized carbons (Fsp3) is 0.406. The van der Waals surface area contributed by atoms with Crippen molar-refractivity contribution in [3.63, 3.8) is 0 Å². The van der Waals surface area contributed by atoms with Crippen molar-refractivity contribution in [3.8, 4) is 11.5 Å². The Bertz CT molecular complexity index is 1380. The van der Waals surface area contributed by atoms with Gasteiger partial charge < -0.3 is 10.1 Å². The minimum Gasteiger partial charge on any atom is -0.457 e. The molecule has 0 saturated carbocycles. The first-order chi connectivity index (χ1) is 19.7. The van der Waals surface area contributed by atoms with Crippen molar-refractivity contribution in [1.29, 1.82) is 0 Å². The summed E-state index contributed by atoms with van der Waals surface area (Å²) < 4.78 is 31.1. The van der Waals surface area contributed by atoms with E-state index in [0.29, 0.717) is 11.4 Å². The summed E-state index contributed by atoms with van der Waals surface area (Å²) in [4.78, 5) is 17.6. The Kier molecular flexibility index (Phi) is 12.5. The number of sulfonamides is 1. The molecule has 0 radical (unpaired) electrons. The Balaban J connectivity index is 0.00000484. The number of amides is 2. The first-order valence-electron chi connectivity index (χ1n) is 14.5. The summed E-state index contributed by atoms with van der Waals surface area (Å²) in [5.74, 6) is 1.35. The molecule has 0 aliphatic carbocycles. The number of hydrogen-bond donors (Lipinski definition) is 2. The van der Waals surface area contributed by atoms with Gasteiger partial charge in [0.05, 0.1) is 6.26 Å². The average molecular weight is 615 g/mol. The van der Waals surface area contributed by atoms with Crippen LogP contribution >= 0.6 is 12.4 Å². The van der Waals surface area contributed by atoms with Gasteiger partial charge in [-0.05, 0) is 85.3 Å². The fourth-order valence-corrected chi connectivity index (χ4v) is 5.52. The van der Waals surface area contributed by atoms with Crippen molar-refractivity contribution in [3.05, 3.63) is 83.9 Å². The predicted octanol–water partition coefficient (Wildman–Crippen LogP) is 6.82. The monoisotopic (exact) mass is 614 g/mol. The second-order valence-electron chi connectivity index (χ2n) is 10.7. The number of nitrogens with one attached hydrogen (secondary N) is 2. The molecule has 0 spiro atoms. The summed E-state index contributed by atoms with van der Waals surface area (Å²) >= 11 is 0. The smallest absolute Gasteiger partial charge is 0.322 e. The second kappa shape index (κ2) is 15.8. The Labute approximate surface area is 256 Å². The molecule has 1 saturated heterocycles. The average Bonchev–Trinajstić information content (AvgIpc) is 2.96. The number of unbranched alkanes of at least 4 members (excludes halogenated alkanes) is 1. The van der Waals surface area contributed by atoms with Crippen LogP contribution in [-0.4, -0.2) is 51.3 Å². The first-order valence-corrected chi connectivity index (χ1v) is 16.4. The molecule has 42 heavy (non-hydrogen) atoms. The van der Waals surface area contributed by atoms with Crippen molar-refractivity contribution in [2.45, 2.75) is 58.5 Å². The number of nitrogens with zero attached hydrogens (tertiary/aromatic N) is 2. The zero-order chi connectivity index (χ0) is 29.2. The Morgan fingerprint density at radius 1 is 0.952 bits per heavy atom. The summed E-state index contributed by atoms with van der Waals surface area (Å²) in [5.41, 5.74) is 3.91. The summed E-state index contributed by atoms with van der Waals surface area (Å²) in [5, 5.41) is 3.30. The minimum atomic E-state index is -3.31. The lowest BCUT2D eigenvalue weighted by Crippen LogP contribution is -2.49. The van der Waals surface area contributed by atoms with Gasteiger partial charge in [-0.15, -0.1) is 12.4 Å². The summed E-state index contributed by atoms with van der Waals surface area (Å²) in [7, 11) is -3.31. The third-order valence-electron chi connectivity index (χ3n) is 7.25. The van der Waals surface area contributed by atoms with E-state index < -0.39 is 10.0 Å². The van der Waals surface area contributed by atoms with Gasteiger partial charge >= 0.3 is 6.03 Å². The molecule has 8 nitrogen and oxygen atoms in total. The van der Waals surface area contributed by atoms with E-state index >= 15 is 0 Å². The molecule has 0 unspecified atom stereocenters. The number of carbonyl (C=O) groups is 1. The van der Waals surface area contributed by atoms with E-state index in [-0.39, 0.29) is 24.5 Å². The molecule has 3 aromatic rings. The standard InChI is InChI=1S/C32H42N4O4S.ClH/c1-4-6-20-36(29-9-7-8-25(5-2)23-29)32(37)33-27-18-21-35(22-19-27)24-26-10-14-30(15-11-26)40-31-16-12-28(13-17-31)34-41(3,38)39;/h7-17,23,27,34H,4-6,18-22,24H2,1-3H3,(H,33,37);1H. The van der Waals surface area contributed by atoms with E-state index in [9.17, 15) is 13.2 Å². The Hall–Kier alpha value is -3.27. The van der Waals surface area contributed by atoms with Gasteiger partial charge in [0, 0.05) is 43.6 Å². The minimum absolute atomic E-state index is 0. The highest BCUT2D eigenvalue weighted by atomic mass is 35.5. The van der Waals surface area contributed by atoms with Gasteiger partial charge in [-0.2, -0.15) is 0 Å². The van der Waals surface area contributed by atoms with Crippen LogP contribution in [0, 0.1) is 0 Å². The molecule has 0 bridgehead atoms. The lowest BCUT2D eigenvalue weighted by atomic mass is 10.0. The van der Waals surface area contributed by atoms with Gasteiger partial charge in [-0.25, -0.2) is 13.2 Å². The van der Waals surface area contributed by atoms with Gasteiger partial charge in [0.1, 0.15) is 11.5 Å². The van der Waals surface area contributed by atoms with E-state index in [1.807, 2.05) is 29.2 Å². The van der Waals surface area contributed by atoms with Crippen molar-refractivity contribution >= 4 is 39.8 Å². The molecule has 1 aliphatic heterocycles. The number of ether oxygens (including phenoxy) is 1. The topological polar surface area (TPSA) is 91.0 Å². The number of benzene rings is 3. The maximum Gasteiger partial charge on any atom is 0.322 e. The van der Waals surface area contributed by atoms with Crippen LogP contribution in [-0.2, 0) is 23.0 Å². The number of rotatable bonds is 12. The number of halogens is 1. The highest BCUT2D eigenvalue weighted by Crippen LogP contribution is 2.25. The molecular formula is C32H43ClN4O4S. The molecule has 228 valence electrons. The lowest BCUT2D eigenvalue weighted by molar-refractivity contribution is 0.188. The van der Waals surface area contributed by atoms with Gasteiger partial charge in [0.15, 0.2) is 0 Å². The third kappa shape index (κ3) is 10.2. The molecule has 1 aliphatic rings. The molecule has 10 heteroatoms. The number of urea groups is 1. The van der Waals surface area contributed by atoms with Crippen molar-refractivity contribution < 1.29 is 17.9 Å². The number of piperidine rings is 1.